The summed E-state index contributed by atoms with van der Waals surface area (Å²) in [4.78, 5) is 69.8. The summed E-state index contributed by atoms with van der Waals surface area (Å²) >= 11 is 0. The summed E-state index contributed by atoms with van der Waals surface area (Å²) < 4.78 is 61.9. The molecular formula is C54H48O15. The number of carbonyl (C=O) groups excluding carboxylic acids is 5. The summed E-state index contributed by atoms with van der Waals surface area (Å²) in [6.07, 6.45) is -13.1. The van der Waals surface area contributed by atoms with E-state index in [4.69, 9.17) is 47.4 Å². The van der Waals surface area contributed by atoms with E-state index in [2.05, 4.69) is 0 Å². The first kappa shape index (κ1) is 47.8. The predicted octanol–water partition coefficient (Wildman–Crippen LogP) is 7.83. The number of benzene rings is 6. The third kappa shape index (κ3) is 12.1. The van der Waals surface area contributed by atoms with Crippen LogP contribution in [0.15, 0.2) is 176 Å². The quantitative estimate of drug-likeness (QED) is 0.0677. The van der Waals surface area contributed by atoms with Crippen LogP contribution in [0.4, 0.5) is 0 Å². The fourth-order valence-electron chi connectivity index (χ4n) is 7.68. The van der Waals surface area contributed by atoms with Crippen LogP contribution in [-0.2, 0) is 49.2 Å². The van der Waals surface area contributed by atoms with Crippen molar-refractivity contribution in [1.29, 1.82) is 0 Å². The summed E-state index contributed by atoms with van der Waals surface area (Å²) in [7, 11) is 1.55. The average Bonchev–Trinajstić information content (AvgIpc) is 3.40. The molecule has 9 atom stereocenters. The first-order chi connectivity index (χ1) is 33.6. The van der Waals surface area contributed by atoms with Crippen LogP contribution in [0.5, 0.6) is 5.75 Å². The van der Waals surface area contributed by atoms with E-state index in [-0.39, 0.29) is 41.0 Å². The second-order valence-electron chi connectivity index (χ2n) is 15.9. The van der Waals surface area contributed by atoms with Crippen LogP contribution < -0.4 is 4.74 Å². The number of ether oxygens (including phenoxy) is 10. The largest absolute Gasteiger partial charge is 0.497 e. The molecule has 0 bridgehead atoms. The van der Waals surface area contributed by atoms with Crippen LogP contribution in [0.25, 0.3) is 0 Å². The smallest absolute Gasteiger partial charge is 0.338 e. The molecule has 2 heterocycles. The van der Waals surface area contributed by atoms with E-state index >= 15 is 0 Å². The molecule has 15 nitrogen and oxygen atoms in total. The molecule has 69 heavy (non-hydrogen) atoms. The van der Waals surface area contributed by atoms with Crippen LogP contribution in [-0.4, -0.2) is 98.9 Å². The second kappa shape index (κ2) is 22.9. The Morgan fingerprint density at radius 1 is 0.449 bits per heavy atom. The van der Waals surface area contributed by atoms with Crippen molar-refractivity contribution in [2.24, 2.45) is 0 Å². The highest BCUT2D eigenvalue weighted by molar-refractivity contribution is 5.92. The molecule has 0 spiro atoms. The molecule has 0 aromatic heterocycles. The average molecular weight is 937 g/mol. The SMILES string of the molecule is COc1ccc(CO[C@@H]2OC[C@H](O[C@@H]3O[C@@H](C)[C@H](OC(=O)c4ccccc4)[C@@H](OC(=O)c4ccccc4)[C@H]3OC(=O)c3ccccc3)[C@H](OC(=O)c3ccccc3)[C@H]2OC(=O)c2ccccc2)cc1. The van der Waals surface area contributed by atoms with Gasteiger partial charge in [-0.05, 0) is 85.3 Å². The lowest BCUT2D eigenvalue weighted by Crippen LogP contribution is -2.64. The van der Waals surface area contributed by atoms with Gasteiger partial charge in [0, 0.05) is 0 Å². The van der Waals surface area contributed by atoms with Crippen molar-refractivity contribution in [2.45, 2.75) is 68.8 Å². The van der Waals surface area contributed by atoms with Gasteiger partial charge in [0.2, 0.25) is 0 Å². The highest BCUT2D eigenvalue weighted by Gasteiger charge is 2.55. The van der Waals surface area contributed by atoms with Crippen molar-refractivity contribution in [3.8, 4) is 5.75 Å². The Morgan fingerprint density at radius 3 is 1.22 bits per heavy atom. The Hall–Kier alpha value is -7.69. The van der Waals surface area contributed by atoms with Gasteiger partial charge in [-0.1, -0.05) is 103 Å². The second-order valence-corrected chi connectivity index (χ2v) is 15.9. The van der Waals surface area contributed by atoms with Gasteiger partial charge in [-0.2, -0.15) is 0 Å². The van der Waals surface area contributed by atoms with E-state index < -0.39 is 85.2 Å². The van der Waals surface area contributed by atoms with Crippen LogP contribution in [0.1, 0.15) is 64.3 Å². The molecule has 6 aromatic carbocycles. The molecule has 0 N–H and O–H groups in total. The van der Waals surface area contributed by atoms with Gasteiger partial charge in [-0.25, -0.2) is 24.0 Å². The Morgan fingerprint density at radius 2 is 0.812 bits per heavy atom. The van der Waals surface area contributed by atoms with Gasteiger partial charge < -0.3 is 47.4 Å². The Kier molecular flexibility index (Phi) is 15.8. The molecule has 8 rings (SSSR count). The summed E-state index contributed by atoms with van der Waals surface area (Å²) in [6, 6.07) is 47.6. The number of esters is 5. The van der Waals surface area contributed by atoms with Crippen LogP contribution >= 0.6 is 0 Å². The van der Waals surface area contributed by atoms with Gasteiger partial charge in [-0.3, -0.25) is 0 Å². The molecule has 354 valence electrons. The Labute approximate surface area is 397 Å². The maximum atomic E-state index is 14.1. The molecule has 2 aliphatic heterocycles. The molecule has 2 fully saturated rings. The van der Waals surface area contributed by atoms with E-state index in [0.717, 1.165) is 5.56 Å². The van der Waals surface area contributed by atoms with E-state index in [1.165, 1.54) is 24.3 Å². The van der Waals surface area contributed by atoms with E-state index in [1.807, 2.05) is 0 Å². The van der Waals surface area contributed by atoms with Crippen molar-refractivity contribution in [2.75, 3.05) is 13.7 Å². The van der Waals surface area contributed by atoms with E-state index in [0.29, 0.717) is 5.75 Å². The lowest BCUT2D eigenvalue weighted by Gasteiger charge is -2.46. The fourth-order valence-corrected chi connectivity index (χ4v) is 7.68. The third-order valence-electron chi connectivity index (χ3n) is 11.3. The van der Waals surface area contributed by atoms with E-state index in [9.17, 15) is 24.0 Å². The van der Waals surface area contributed by atoms with Gasteiger partial charge in [0.15, 0.2) is 43.1 Å². The van der Waals surface area contributed by atoms with Crippen LogP contribution in [0.2, 0.25) is 0 Å². The zero-order valence-corrected chi connectivity index (χ0v) is 37.5. The lowest BCUT2D eigenvalue weighted by atomic mass is 9.97. The minimum atomic E-state index is -1.67. The molecule has 0 radical (unpaired) electrons. The van der Waals surface area contributed by atoms with Crippen LogP contribution in [0.3, 0.4) is 0 Å². The molecule has 2 saturated heterocycles. The molecule has 0 saturated carbocycles. The summed E-state index contributed by atoms with van der Waals surface area (Å²) in [5.74, 6) is -3.46. The maximum absolute atomic E-state index is 14.1. The lowest BCUT2D eigenvalue weighted by molar-refractivity contribution is -0.337. The Balaban J connectivity index is 1.17. The monoisotopic (exact) mass is 936 g/mol. The zero-order chi connectivity index (χ0) is 48.1. The van der Waals surface area contributed by atoms with Crippen LogP contribution in [0, 0.1) is 0 Å². The molecular weight excluding hydrogens is 889 g/mol. The molecule has 2 aliphatic rings. The first-order valence-corrected chi connectivity index (χ1v) is 22.1. The minimum Gasteiger partial charge on any atom is -0.497 e. The molecule has 0 unspecified atom stereocenters. The van der Waals surface area contributed by atoms with Gasteiger partial charge in [0.1, 0.15) is 11.9 Å². The standard InChI is InChI=1S/C54H48O15/c1-34-43(65-48(55)36-18-8-3-9-19-36)45(67-50(57)38-22-12-5-13-23-38)47(69-52(59)40-26-16-7-17-27-40)54(63-34)64-42-33-62-53(61-32-35-28-30-41(60-2)31-29-35)46(68-51(58)39-24-14-6-15-25-39)44(42)66-49(56)37-20-10-4-11-21-37/h3-31,34,42-47,53-54H,32-33H2,1-2H3/t34-,42-,43-,44-,45+,46+,47+,53+,54-/m0/s1. The molecule has 0 aliphatic carbocycles. The van der Waals surface area contributed by atoms with Gasteiger partial charge in [0.05, 0.1) is 54.2 Å². The van der Waals surface area contributed by atoms with Gasteiger partial charge in [-0.15, -0.1) is 0 Å². The number of methoxy groups -OCH3 is 1. The van der Waals surface area contributed by atoms with Crippen molar-refractivity contribution in [1.82, 2.24) is 0 Å². The molecule has 0 amide bonds. The summed E-state index contributed by atoms with van der Waals surface area (Å²) in [5.41, 5.74) is 1.53. The number of hydrogen-bond acceptors (Lipinski definition) is 15. The summed E-state index contributed by atoms with van der Waals surface area (Å²) in [6.45, 7) is 1.17. The normalized spacial score (nSPS) is 23.1. The van der Waals surface area contributed by atoms with Crippen molar-refractivity contribution in [3.05, 3.63) is 209 Å². The maximum Gasteiger partial charge on any atom is 0.338 e. The molecule has 15 heteroatoms. The topological polar surface area (TPSA) is 178 Å². The number of rotatable bonds is 16. The van der Waals surface area contributed by atoms with E-state index in [1.54, 1.807) is 166 Å². The number of carbonyl (C=O) groups is 5. The first-order valence-electron chi connectivity index (χ1n) is 22.1. The van der Waals surface area contributed by atoms with Crippen molar-refractivity contribution in [3.63, 3.8) is 0 Å². The summed E-state index contributed by atoms with van der Waals surface area (Å²) in [5, 5.41) is 0. The highest BCUT2D eigenvalue weighted by atomic mass is 16.8. The minimum absolute atomic E-state index is 0.0305. The van der Waals surface area contributed by atoms with Gasteiger partial charge in [0.25, 0.3) is 0 Å². The number of hydrogen-bond donors (Lipinski definition) is 0. The fraction of sp³-hybridized carbons (Fsp3) is 0.241. The Bertz CT molecular complexity index is 2630. The van der Waals surface area contributed by atoms with Crippen molar-refractivity contribution >= 4 is 29.8 Å². The third-order valence-corrected chi connectivity index (χ3v) is 11.3. The highest BCUT2D eigenvalue weighted by Crippen LogP contribution is 2.35. The van der Waals surface area contributed by atoms with Gasteiger partial charge >= 0.3 is 29.8 Å². The van der Waals surface area contributed by atoms with Crippen molar-refractivity contribution < 1.29 is 71.3 Å². The molecule has 6 aromatic rings. The predicted molar refractivity (Wildman–Crippen MR) is 245 cm³/mol. The zero-order valence-electron chi connectivity index (χ0n) is 37.5.